The maximum absolute atomic E-state index is 3.17. The Labute approximate surface area is 162 Å². The van der Waals surface area contributed by atoms with Gasteiger partial charge in [-0.2, -0.15) is 13.7 Å². The molecule has 2 aromatic heterocycles. The van der Waals surface area contributed by atoms with Crippen LogP contribution in [0.1, 0.15) is 43.1 Å². The van der Waals surface area contributed by atoms with E-state index in [-0.39, 0.29) is 24.8 Å². The molecular weight excluding hydrogens is 355 g/mol. The second-order valence-corrected chi connectivity index (χ2v) is 6.09. The molecule has 0 aliphatic carbocycles. The summed E-state index contributed by atoms with van der Waals surface area (Å²) in [5, 5.41) is 0. The van der Waals surface area contributed by atoms with Crippen LogP contribution in [0.25, 0.3) is 5.69 Å². The standard InChI is InChI=1S/C19H25N4.2ClH/c1-5-9-19(21-13-12-20-14-21)23-16(3)15(2)22(17(23)4)18-10-7-6-8-11-18;;/h6-8,10-14,19H,5,9H2,1-4H3;2*1H/q+1;;/p-1. The zero-order valence-electron chi connectivity index (χ0n) is 15.2. The van der Waals surface area contributed by atoms with Crippen molar-refractivity contribution in [2.75, 3.05) is 0 Å². The summed E-state index contributed by atoms with van der Waals surface area (Å²) in [5.74, 6) is 1.26. The Hall–Kier alpha value is -1.78. The lowest BCUT2D eigenvalue weighted by Crippen LogP contribution is -3.00. The van der Waals surface area contributed by atoms with Crippen LogP contribution in [0.5, 0.6) is 0 Å². The second kappa shape index (κ2) is 9.07. The number of H-pyrrole nitrogens is 1. The predicted octanol–water partition coefficient (Wildman–Crippen LogP) is -2.84. The minimum Gasteiger partial charge on any atom is -1.00 e. The molecule has 0 fully saturated rings. The highest BCUT2D eigenvalue weighted by molar-refractivity contribution is 5.35. The van der Waals surface area contributed by atoms with Gasteiger partial charge in [-0.05, 0) is 18.6 Å². The van der Waals surface area contributed by atoms with Crippen molar-refractivity contribution < 1.29 is 33.9 Å². The first kappa shape index (κ1) is 21.3. The third-order valence-corrected chi connectivity index (χ3v) is 4.66. The lowest BCUT2D eigenvalue weighted by molar-refractivity contribution is -0.949. The fourth-order valence-corrected chi connectivity index (χ4v) is 3.48. The molecule has 0 saturated heterocycles. The van der Waals surface area contributed by atoms with Gasteiger partial charge in [-0.15, -0.1) is 0 Å². The maximum Gasteiger partial charge on any atom is 0.262 e. The highest BCUT2D eigenvalue weighted by atomic mass is 35.5. The van der Waals surface area contributed by atoms with Crippen LogP contribution < -0.4 is 33.9 Å². The fraction of sp³-hybridized carbons (Fsp3) is 0.368. The third kappa shape index (κ3) is 3.91. The van der Waals surface area contributed by atoms with Crippen molar-refractivity contribution in [1.29, 1.82) is 0 Å². The summed E-state index contributed by atoms with van der Waals surface area (Å²) in [6.07, 6.45) is 8.68. The summed E-state index contributed by atoms with van der Waals surface area (Å²) in [6.45, 7) is 8.88. The first-order chi connectivity index (χ1) is 11.1. The third-order valence-electron chi connectivity index (χ3n) is 4.66. The number of hydrogen-bond donors (Lipinski definition) is 1. The Morgan fingerprint density at radius 1 is 1.08 bits per heavy atom. The number of halogens is 2. The first-order valence-electron chi connectivity index (χ1n) is 8.34. The van der Waals surface area contributed by atoms with E-state index in [1.54, 1.807) is 0 Å². The highest BCUT2D eigenvalue weighted by Gasteiger charge is 2.32. The molecule has 1 atom stereocenters. The highest BCUT2D eigenvalue weighted by Crippen LogP contribution is 2.18. The van der Waals surface area contributed by atoms with Crippen molar-refractivity contribution in [3.63, 3.8) is 0 Å². The van der Waals surface area contributed by atoms with Gasteiger partial charge >= 0.3 is 0 Å². The normalized spacial score (nSPS) is 11.5. The predicted molar refractivity (Wildman–Crippen MR) is 90.5 cm³/mol. The Bertz CT molecular complexity index is 780. The van der Waals surface area contributed by atoms with Gasteiger partial charge in [-0.25, -0.2) is 0 Å². The van der Waals surface area contributed by atoms with Crippen LogP contribution in [0.15, 0.2) is 49.1 Å². The van der Waals surface area contributed by atoms with E-state index in [2.05, 4.69) is 82.9 Å². The molecule has 3 rings (SSSR count). The molecule has 0 aliphatic rings. The summed E-state index contributed by atoms with van der Waals surface area (Å²) in [5.41, 5.74) is 3.84. The van der Waals surface area contributed by atoms with Crippen LogP contribution in [0.2, 0.25) is 0 Å². The molecule has 0 aliphatic heterocycles. The van der Waals surface area contributed by atoms with E-state index in [4.69, 9.17) is 0 Å². The van der Waals surface area contributed by atoms with E-state index >= 15 is 0 Å². The first-order valence-corrected chi connectivity index (χ1v) is 8.34. The van der Waals surface area contributed by atoms with Crippen molar-refractivity contribution in [3.05, 3.63) is 66.3 Å². The molecule has 0 amide bonds. The number of nitrogens with one attached hydrogen (secondary N) is 1. The molecule has 0 spiro atoms. The topological polar surface area (TPSA) is 28.5 Å². The second-order valence-electron chi connectivity index (χ2n) is 6.09. The van der Waals surface area contributed by atoms with Crippen molar-refractivity contribution in [2.45, 2.75) is 46.7 Å². The van der Waals surface area contributed by atoms with Crippen LogP contribution in [0.4, 0.5) is 0 Å². The minimum absolute atomic E-state index is 0. The minimum atomic E-state index is 0. The maximum atomic E-state index is 3.17. The number of hydrogen-bond acceptors (Lipinski definition) is 0. The molecule has 0 radical (unpaired) electrons. The molecule has 1 N–H and O–H groups in total. The Morgan fingerprint density at radius 3 is 2.32 bits per heavy atom. The van der Waals surface area contributed by atoms with Crippen LogP contribution in [0.3, 0.4) is 0 Å². The molecule has 1 unspecified atom stereocenters. The van der Waals surface area contributed by atoms with Gasteiger partial charge in [-0.3, -0.25) is 4.98 Å². The molecule has 136 valence electrons. The van der Waals surface area contributed by atoms with Crippen molar-refractivity contribution in [1.82, 2.24) is 9.55 Å². The van der Waals surface area contributed by atoms with Crippen molar-refractivity contribution in [2.24, 2.45) is 0 Å². The number of para-hydroxylation sites is 1. The molecule has 0 bridgehead atoms. The average Bonchev–Trinajstić information content (AvgIpc) is 3.15. The average molecular weight is 381 g/mol. The number of rotatable bonds is 5. The SMILES string of the molecule is CCCC([n+]1cc[nH]c1)[n+]1c(C)c(C)n(-c2ccccc2)c1C.[Cl-].[Cl-]. The van der Waals surface area contributed by atoms with E-state index in [1.807, 2.05) is 12.5 Å². The van der Waals surface area contributed by atoms with E-state index in [9.17, 15) is 0 Å². The van der Waals surface area contributed by atoms with Crippen LogP contribution >= 0.6 is 0 Å². The molecule has 2 heterocycles. The molecule has 3 aromatic rings. The lowest BCUT2D eigenvalue weighted by Gasteiger charge is -2.12. The van der Waals surface area contributed by atoms with E-state index in [0.29, 0.717) is 6.17 Å². The molecule has 6 heteroatoms. The number of nitrogens with zero attached hydrogens (tertiary/aromatic N) is 3. The van der Waals surface area contributed by atoms with E-state index in [0.717, 1.165) is 12.8 Å². The Balaban J connectivity index is 0.00000156. The molecule has 1 aromatic carbocycles. The van der Waals surface area contributed by atoms with Gasteiger partial charge in [0.25, 0.3) is 5.82 Å². The van der Waals surface area contributed by atoms with Gasteiger partial charge in [0.2, 0.25) is 12.5 Å². The Morgan fingerprint density at radius 2 is 1.76 bits per heavy atom. The fourth-order valence-electron chi connectivity index (χ4n) is 3.48. The summed E-state index contributed by atoms with van der Waals surface area (Å²) in [7, 11) is 0. The lowest BCUT2D eigenvalue weighted by atomic mass is 10.2. The number of benzene rings is 1. The van der Waals surface area contributed by atoms with Crippen molar-refractivity contribution in [3.8, 4) is 5.69 Å². The molecule has 0 saturated carbocycles. The molecule has 25 heavy (non-hydrogen) atoms. The van der Waals surface area contributed by atoms with Gasteiger partial charge in [0.15, 0.2) is 0 Å². The number of imidazole rings is 2. The van der Waals surface area contributed by atoms with Gasteiger partial charge in [0.05, 0.1) is 0 Å². The molecule has 4 nitrogen and oxygen atoms in total. The van der Waals surface area contributed by atoms with E-state index < -0.39 is 0 Å². The number of aromatic nitrogens is 4. The Kier molecular flexibility index (Phi) is 7.71. The van der Waals surface area contributed by atoms with Crippen LogP contribution in [-0.4, -0.2) is 9.55 Å². The van der Waals surface area contributed by atoms with Crippen LogP contribution in [-0.2, 0) is 0 Å². The van der Waals surface area contributed by atoms with E-state index in [1.165, 1.54) is 22.9 Å². The zero-order valence-corrected chi connectivity index (χ0v) is 16.7. The van der Waals surface area contributed by atoms with Gasteiger partial charge in [0, 0.05) is 27.2 Å². The van der Waals surface area contributed by atoms with Gasteiger partial charge in [0.1, 0.15) is 29.5 Å². The summed E-state index contributed by atoms with van der Waals surface area (Å²) in [4.78, 5) is 3.17. The quantitative estimate of drug-likeness (QED) is 0.462. The van der Waals surface area contributed by atoms with Crippen molar-refractivity contribution >= 4 is 0 Å². The largest absolute Gasteiger partial charge is 1.00 e. The van der Waals surface area contributed by atoms with Crippen LogP contribution in [0, 0.1) is 20.8 Å². The monoisotopic (exact) mass is 380 g/mol. The molecular formula is C19H26Cl2N4. The summed E-state index contributed by atoms with van der Waals surface area (Å²) < 4.78 is 7.07. The van der Waals surface area contributed by atoms with Gasteiger partial charge in [-0.1, -0.05) is 25.1 Å². The van der Waals surface area contributed by atoms with Gasteiger partial charge < -0.3 is 24.8 Å². The zero-order chi connectivity index (χ0) is 16.4. The smallest absolute Gasteiger partial charge is 0.262 e. The summed E-state index contributed by atoms with van der Waals surface area (Å²) >= 11 is 0. The number of aromatic amines is 1. The summed E-state index contributed by atoms with van der Waals surface area (Å²) in [6, 6.07) is 10.6.